The Bertz CT molecular complexity index is 1180. The first-order chi connectivity index (χ1) is 17.2. The Morgan fingerprint density at radius 2 is 1.64 bits per heavy atom. The standard InChI is InChI=1S/C28H31N3O5/c1-27(24(33)17-32,26(35)29-2)30(3)25(34)23-12-10-21(11-13-23)5-4-20-6-8-22(9-7-20)16-31-18-28(19-31)14-15-36-28/h6-13,32H,14-19H2,1-3H3,(H,29,35)/t27-/m1/s1. The van der Waals surface area contributed by atoms with Crippen molar-refractivity contribution in [2.75, 3.05) is 40.4 Å². The molecule has 188 valence electrons. The van der Waals surface area contributed by atoms with Crippen LogP contribution in [0.2, 0.25) is 0 Å². The number of nitrogens with zero attached hydrogens (tertiary/aromatic N) is 2. The summed E-state index contributed by atoms with van der Waals surface area (Å²) in [4.78, 5) is 41.1. The summed E-state index contributed by atoms with van der Waals surface area (Å²) in [5.74, 6) is 4.27. The minimum absolute atomic E-state index is 0.141. The van der Waals surface area contributed by atoms with Gasteiger partial charge in [0.15, 0.2) is 11.3 Å². The number of hydrogen-bond donors (Lipinski definition) is 2. The number of nitrogens with one attached hydrogen (secondary N) is 1. The van der Waals surface area contributed by atoms with Gasteiger partial charge in [-0.3, -0.25) is 19.3 Å². The van der Waals surface area contributed by atoms with E-state index in [1.807, 2.05) is 12.1 Å². The van der Waals surface area contributed by atoms with Crippen LogP contribution in [0.15, 0.2) is 48.5 Å². The summed E-state index contributed by atoms with van der Waals surface area (Å²) in [6, 6.07) is 14.8. The second-order valence-corrected chi connectivity index (χ2v) is 9.55. The number of rotatable bonds is 7. The maximum Gasteiger partial charge on any atom is 0.254 e. The highest BCUT2D eigenvalue weighted by molar-refractivity contribution is 6.14. The Kier molecular flexibility index (Phi) is 7.27. The number of ether oxygens (including phenoxy) is 1. The largest absolute Gasteiger partial charge is 0.388 e. The maximum atomic E-state index is 13.0. The van der Waals surface area contributed by atoms with E-state index in [1.54, 1.807) is 24.3 Å². The highest BCUT2D eigenvalue weighted by Crippen LogP contribution is 2.36. The van der Waals surface area contributed by atoms with Crippen LogP contribution in [0.4, 0.5) is 0 Å². The van der Waals surface area contributed by atoms with Crippen molar-refractivity contribution in [2.24, 2.45) is 0 Å². The number of likely N-dealkylation sites (N-methyl/N-ethyl adjacent to an activating group) is 2. The van der Waals surface area contributed by atoms with E-state index < -0.39 is 29.7 Å². The second-order valence-electron chi connectivity index (χ2n) is 9.55. The van der Waals surface area contributed by atoms with Crippen LogP contribution in [-0.2, 0) is 20.9 Å². The van der Waals surface area contributed by atoms with Crippen molar-refractivity contribution in [1.82, 2.24) is 15.1 Å². The first-order valence-electron chi connectivity index (χ1n) is 11.9. The molecule has 1 atom stereocenters. The third kappa shape index (κ3) is 4.91. The quantitative estimate of drug-likeness (QED) is 0.448. The molecule has 2 fully saturated rings. The molecule has 2 heterocycles. The van der Waals surface area contributed by atoms with E-state index in [9.17, 15) is 19.5 Å². The van der Waals surface area contributed by atoms with Crippen LogP contribution >= 0.6 is 0 Å². The molecule has 36 heavy (non-hydrogen) atoms. The lowest BCUT2D eigenvalue weighted by atomic mass is 9.86. The van der Waals surface area contributed by atoms with Gasteiger partial charge in [-0.15, -0.1) is 0 Å². The molecule has 0 bridgehead atoms. The molecule has 0 radical (unpaired) electrons. The van der Waals surface area contributed by atoms with E-state index >= 15 is 0 Å². The van der Waals surface area contributed by atoms with Gasteiger partial charge in [0.25, 0.3) is 11.8 Å². The van der Waals surface area contributed by atoms with Crippen LogP contribution in [-0.4, -0.2) is 84.0 Å². The molecule has 2 amide bonds. The summed E-state index contributed by atoms with van der Waals surface area (Å²) < 4.78 is 5.67. The molecular weight excluding hydrogens is 458 g/mol. The van der Waals surface area contributed by atoms with Gasteiger partial charge in [0, 0.05) is 56.8 Å². The Hall–Kier alpha value is -3.51. The van der Waals surface area contributed by atoms with E-state index in [4.69, 9.17) is 4.74 Å². The number of carbonyl (C=O) groups is 3. The minimum atomic E-state index is -1.83. The number of benzene rings is 2. The lowest BCUT2D eigenvalue weighted by Gasteiger charge is -2.55. The van der Waals surface area contributed by atoms with Gasteiger partial charge in [-0.05, 0) is 48.9 Å². The van der Waals surface area contributed by atoms with E-state index in [0.29, 0.717) is 5.56 Å². The minimum Gasteiger partial charge on any atom is -0.388 e. The Labute approximate surface area is 211 Å². The molecular formula is C28H31N3O5. The number of aliphatic hydroxyl groups excluding tert-OH is 1. The first kappa shape index (κ1) is 25.6. The summed E-state index contributed by atoms with van der Waals surface area (Å²) in [6.45, 7) is 4.27. The van der Waals surface area contributed by atoms with Gasteiger partial charge in [0.1, 0.15) is 6.61 Å². The summed E-state index contributed by atoms with van der Waals surface area (Å²) in [5, 5.41) is 11.7. The summed E-state index contributed by atoms with van der Waals surface area (Å²) in [6.07, 6.45) is 1.17. The lowest BCUT2D eigenvalue weighted by molar-refractivity contribution is -0.223. The van der Waals surface area contributed by atoms with E-state index in [1.165, 1.54) is 33.0 Å². The zero-order valence-electron chi connectivity index (χ0n) is 20.8. The van der Waals surface area contributed by atoms with Gasteiger partial charge >= 0.3 is 0 Å². The predicted molar refractivity (Wildman–Crippen MR) is 134 cm³/mol. The van der Waals surface area contributed by atoms with Crippen molar-refractivity contribution >= 4 is 17.6 Å². The normalized spacial score (nSPS) is 17.6. The summed E-state index contributed by atoms with van der Waals surface area (Å²) >= 11 is 0. The molecule has 2 aliphatic heterocycles. The van der Waals surface area contributed by atoms with Crippen LogP contribution in [0.5, 0.6) is 0 Å². The van der Waals surface area contributed by atoms with Crippen LogP contribution in [0, 0.1) is 11.8 Å². The van der Waals surface area contributed by atoms with Gasteiger partial charge in [-0.1, -0.05) is 24.0 Å². The molecule has 0 aromatic heterocycles. The predicted octanol–water partition coefficient (Wildman–Crippen LogP) is 1.20. The zero-order valence-corrected chi connectivity index (χ0v) is 20.8. The maximum absolute atomic E-state index is 13.0. The highest BCUT2D eigenvalue weighted by atomic mass is 16.5. The number of carbonyl (C=O) groups excluding carboxylic acids is 3. The monoisotopic (exact) mass is 489 g/mol. The second kappa shape index (κ2) is 10.2. The van der Waals surface area contributed by atoms with Crippen LogP contribution < -0.4 is 5.32 Å². The van der Waals surface area contributed by atoms with Crippen LogP contribution in [0.25, 0.3) is 0 Å². The van der Waals surface area contributed by atoms with Gasteiger partial charge in [-0.25, -0.2) is 0 Å². The van der Waals surface area contributed by atoms with Crippen molar-refractivity contribution in [3.05, 3.63) is 70.8 Å². The fraction of sp³-hybridized carbons (Fsp3) is 0.393. The molecule has 2 saturated heterocycles. The molecule has 2 aliphatic rings. The number of likely N-dealkylation sites (tertiary alicyclic amines) is 1. The Morgan fingerprint density at radius 1 is 1.08 bits per heavy atom. The fourth-order valence-corrected chi connectivity index (χ4v) is 4.57. The van der Waals surface area contributed by atoms with Crippen molar-refractivity contribution in [3.63, 3.8) is 0 Å². The molecule has 8 nitrogen and oxygen atoms in total. The molecule has 8 heteroatoms. The SMILES string of the molecule is CNC(=O)[C@@](C)(C(=O)CO)N(C)C(=O)c1ccc(C#Cc2ccc(CN3CC4(CCO4)C3)cc2)cc1. The Morgan fingerprint density at radius 3 is 2.11 bits per heavy atom. The van der Waals surface area contributed by atoms with Crippen molar-refractivity contribution in [3.8, 4) is 11.8 Å². The number of Topliss-reactive ketones (excluding diaryl/α,β-unsaturated/α-hetero) is 1. The van der Waals surface area contributed by atoms with Gasteiger partial charge in [0.2, 0.25) is 0 Å². The molecule has 2 aromatic rings. The van der Waals surface area contributed by atoms with Gasteiger partial charge in [0.05, 0.1) is 12.2 Å². The fourth-order valence-electron chi connectivity index (χ4n) is 4.57. The number of ketones is 1. The van der Waals surface area contributed by atoms with Crippen molar-refractivity contribution < 1.29 is 24.2 Å². The first-order valence-corrected chi connectivity index (χ1v) is 11.9. The highest BCUT2D eigenvalue weighted by Gasteiger charge is 2.48. The van der Waals surface area contributed by atoms with Crippen LogP contribution in [0.3, 0.4) is 0 Å². The third-order valence-corrected chi connectivity index (χ3v) is 7.16. The number of aliphatic hydroxyl groups is 1. The topological polar surface area (TPSA) is 99.2 Å². The van der Waals surface area contributed by atoms with Gasteiger partial charge in [-0.2, -0.15) is 0 Å². The molecule has 0 saturated carbocycles. The molecule has 2 N–H and O–H groups in total. The number of amides is 2. The lowest BCUT2D eigenvalue weighted by Crippen LogP contribution is -2.67. The molecule has 4 rings (SSSR count). The molecule has 0 aliphatic carbocycles. The van der Waals surface area contributed by atoms with Crippen molar-refractivity contribution in [1.29, 1.82) is 0 Å². The van der Waals surface area contributed by atoms with E-state index in [-0.39, 0.29) is 5.60 Å². The summed E-state index contributed by atoms with van der Waals surface area (Å²) in [7, 11) is 2.74. The van der Waals surface area contributed by atoms with E-state index in [0.717, 1.165) is 42.3 Å². The molecule has 1 spiro atoms. The Balaban J connectivity index is 1.38. The zero-order chi connectivity index (χ0) is 25.9. The molecule has 0 unspecified atom stereocenters. The van der Waals surface area contributed by atoms with Crippen molar-refractivity contribution in [2.45, 2.75) is 31.0 Å². The average molecular weight is 490 g/mol. The number of hydrogen-bond acceptors (Lipinski definition) is 6. The molecule has 2 aromatic carbocycles. The third-order valence-electron chi connectivity index (χ3n) is 7.16. The van der Waals surface area contributed by atoms with Crippen LogP contribution in [0.1, 0.15) is 40.4 Å². The average Bonchev–Trinajstić information content (AvgIpc) is 2.86. The smallest absolute Gasteiger partial charge is 0.254 e. The summed E-state index contributed by atoms with van der Waals surface area (Å²) in [5.41, 5.74) is 1.48. The van der Waals surface area contributed by atoms with E-state index in [2.05, 4.69) is 34.2 Å². The van der Waals surface area contributed by atoms with Gasteiger partial charge < -0.3 is 20.1 Å².